The van der Waals surface area contributed by atoms with Crippen LogP contribution in [0.3, 0.4) is 0 Å². The number of nitrogens with zero attached hydrogens (tertiary/aromatic N) is 1. The van der Waals surface area contributed by atoms with Gasteiger partial charge in [-0.3, -0.25) is 14.5 Å². The highest BCUT2D eigenvalue weighted by Gasteiger charge is 2.29. The van der Waals surface area contributed by atoms with Gasteiger partial charge in [0, 0.05) is 30.4 Å². The molecule has 2 aliphatic rings. The lowest BCUT2D eigenvalue weighted by molar-refractivity contribution is -0.124. The Morgan fingerprint density at radius 2 is 1.90 bits per heavy atom. The maximum absolute atomic E-state index is 12.6. The predicted molar refractivity (Wildman–Crippen MR) is 117 cm³/mol. The zero-order valence-electron chi connectivity index (χ0n) is 16.5. The van der Waals surface area contributed by atoms with Crippen LogP contribution in [0.15, 0.2) is 59.5 Å². The molecule has 0 aliphatic carbocycles. The molecule has 1 saturated heterocycles. The number of rotatable bonds is 6. The summed E-state index contributed by atoms with van der Waals surface area (Å²) < 4.78 is 0. The molecule has 2 atom stereocenters. The second-order valence-corrected chi connectivity index (χ2v) is 8.95. The average Bonchev–Trinajstić information content (AvgIpc) is 2.74. The maximum atomic E-state index is 12.6. The summed E-state index contributed by atoms with van der Waals surface area (Å²) in [7, 11) is 0. The van der Waals surface area contributed by atoms with Gasteiger partial charge in [0.15, 0.2) is 0 Å². The van der Waals surface area contributed by atoms with E-state index in [0.717, 1.165) is 30.1 Å². The first-order valence-electron chi connectivity index (χ1n) is 10.3. The summed E-state index contributed by atoms with van der Waals surface area (Å²) in [6, 6.07) is 18.6. The third-order valence-corrected chi connectivity index (χ3v) is 6.86. The van der Waals surface area contributed by atoms with Crippen molar-refractivity contribution in [3.63, 3.8) is 0 Å². The fourth-order valence-corrected chi connectivity index (χ4v) is 5.13. The number of nitrogens with one attached hydrogen (secondary N) is 2. The molecule has 0 bridgehead atoms. The molecule has 1 fully saturated rings. The minimum absolute atomic E-state index is 0.0535. The summed E-state index contributed by atoms with van der Waals surface area (Å²) in [6.07, 6.45) is 3.70. The van der Waals surface area contributed by atoms with E-state index in [9.17, 15) is 9.59 Å². The zero-order chi connectivity index (χ0) is 20.1. The number of hydrogen-bond donors (Lipinski definition) is 2. The van der Waals surface area contributed by atoms with Crippen molar-refractivity contribution >= 4 is 29.3 Å². The molecule has 2 aromatic rings. The summed E-state index contributed by atoms with van der Waals surface area (Å²) in [5.41, 5.74) is 2.14. The Bertz CT molecular complexity index is 858. The van der Waals surface area contributed by atoms with Crippen molar-refractivity contribution in [1.29, 1.82) is 0 Å². The Morgan fingerprint density at radius 3 is 2.76 bits per heavy atom. The number of carbonyl (C=O) groups is 2. The number of thioether (sulfide) groups is 1. The van der Waals surface area contributed by atoms with Crippen LogP contribution in [-0.4, -0.2) is 41.1 Å². The van der Waals surface area contributed by atoms with Gasteiger partial charge in [0.05, 0.1) is 10.9 Å². The Labute approximate surface area is 176 Å². The van der Waals surface area contributed by atoms with E-state index in [1.165, 1.54) is 30.2 Å². The van der Waals surface area contributed by atoms with Gasteiger partial charge < -0.3 is 10.6 Å². The number of para-hydroxylation sites is 1. The van der Waals surface area contributed by atoms with E-state index in [0.29, 0.717) is 12.6 Å². The van der Waals surface area contributed by atoms with Gasteiger partial charge in [0.2, 0.25) is 11.8 Å². The molecule has 2 N–H and O–H groups in total. The second-order valence-electron chi connectivity index (χ2n) is 7.71. The van der Waals surface area contributed by atoms with E-state index in [2.05, 4.69) is 39.8 Å². The van der Waals surface area contributed by atoms with Gasteiger partial charge in [-0.2, -0.15) is 0 Å². The normalized spacial score (nSPS) is 21.9. The van der Waals surface area contributed by atoms with E-state index in [1.54, 1.807) is 0 Å². The smallest absolute Gasteiger partial charge is 0.238 e. The Morgan fingerprint density at radius 1 is 1.10 bits per heavy atom. The number of fused-ring (bicyclic) bond motifs is 1. The van der Waals surface area contributed by atoms with Gasteiger partial charge in [-0.15, -0.1) is 11.8 Å². The number of hydrogen-bond acceptors (Lipinski definition) is 4. The summed E-state index contributed by atoms with van der Waals surface area (Å²) in [4.78, 5) is 28.4. The molecule has 6 heteroatoms. The number of amides is 2. The van der Waals surface area contributed by atoms with Crippen molar-refractivity contribution in [2.45, 2.75) is 48.4 Å². The molecular weight excluding hydrogens is 382 g/mol. The lowest BCUT2D eigenvalue weighted by atomic mass is 10.0. The molecule has 152 valence electrons. The van der Waals surface area contributed by atoms with Crippen LogP contribution in [0.2, 0.25) is 0 Å². The Kier molecular flexibility index (Phi) is 6.52. The highest BCUT2D eigenvalue weighted by atomic mass is 32.2. The minimum Gasteiger partial charge on any atom is -0.354 e. The lowest BCUT2D eigenvalue weighted by Crippen LogP contribution is -2.46. The lowest BCUT2D eigenvalue weighted by Gasteiger charge is -2.36. The molecule has 29 heavy (non-hydrogen) atoms. The molecule has 0 spiro atoms. The first kappa shape index (κ1) is 20.0. The summed E-state index contributed by atoms with van der Waals surface area (Å²) >= 11 is 1.47. The number of anilines is 1. The van der Waals surface area contributed by atoms with E-state index in [1.807, 2.05) is 30.3 Å². The van der Waals surface area contributed by atoms with Crippen LogP contribution in [0.1, 0.15) is 31.2 Å². The monoisotopic (exact) mass is 409 g/mol. The van der Waals surface area contributed by atoms with Crippen LogP contribution in [0.5, 0.6) is 0 Å². The summed E-state index contributed by atoms with van der Waals surface area (Å²) in [5, 5.41) is 5.62. The molecule has 0 radical (unpaired) electrons. The van der Waals surface area contributed by atoms with Crippen LogP contribution in [0.25, 0.3) is 0 Å². The van der Waals surface area contributed by atoms with Crippen molar-refractivity contribution in [2.24, 2.45) is 0 Å². The third-order valence-electron chi connectivity index (χ3n) is 5.59. The molecule has 0 aromatic heterocycles. The van der Waals surface area contributed by atoms with Crippen LogP contribution >= 0.6 is 11.8 Å². The number of carbonyl (C=O) groups excluding carboxylic acids is 2. The van der Waals surface area contributed by atoms with Crippen LogP contribution < -0.4 is 10.6 Å². The van der Waals surface area contributed by atoms with Gasteiger partial charge >= 0.3 is 0 Å². The zero-order valence-corrected chi connectivity index (χ0v) is 17.3. The molecule has 2 heterocycles. The molecule has 2 aromatic carbocycles. The average molecular weight is 410 g/mol. The fourth-order valence-electron chi connectivity index (χ4n) is 4.02. The minimum atomic E-state index is -0.378. The first-order chi connectivity index (χ1) is 14.2. The Hall–Kier alpha value is -2.31. The first-order valence-corrected chi connectivity index (χ1v) is 11.2. The molecule has 5 nitrogen and oxygen atoms in total. The molecule has 2 aliphatic heterocycles. The van der Waals surface area contributed by atoms with E-state index in [-0.39, 0.29) is 23.5 Å². The number of piperidine rings is 1. The van der Waals surface area contributed by atoms with Gasteiger partial charge in [-0.05, 0) is 37.1 Å². The van der Waals surface area contributed by atoms with Gasteiger partial charge in [0.1, 0.15) is 0 Å². The SMILES string of the molecule is O=C(C[C@@H]1Sc2ccccc2NC1=O)NC[C@@H]1CCCCN1Cc1ccccc1. The van der Waals surface area contributed by atoms with E-state index < -0.39 is 0 Å². The second kappa shape index (κ2) is 9.46. The number of likely N-dealkylation sites (tertiary alicyclic amines) is 1. The van der Waals surface area contributed by atoms with Crippen molar-refractivity contribution < 1.29 is 9.59 Å². The predicted octanol–water partition coefficient (Wildman–Crippen LogP) is 3.66. The summed E-state index contributed by atoms with van der Waals surface area (Å²) in [5.74, 6) is -0.144. The fraction of sp³-hybridized carbons (Fsp3) is 0.391. The Balaban J connectivity index is 1.30. The highest BCUT2D eigenvalue weighted by Crippen LogP contribution is 2.36. The standard InChI is InChI=1S/C23H27N3O2S/c27-22(14-21-23(28)25-19-11-4-5-12-20(19)29-21)24-15-18-10-6-7-13-26(18)16-17-8-2-1-3-9-17/h1-5,8-9,11-12,18,21H,6-7,10,13-16H2,(H,24,27)(H,25,28)/t18-,21-/m0/s1. The molecule has 0 unspecified atom stereocenters. The summed E-state index contributed by atoms with van der Waals surface area (Å²) in [6.45, 7) is 2.62. The quantitative estimate of drug-likeness (QED) is 0.764. The maximum Gasteiger partial charge on any atom is 0.238 e. The molecule has 0 saturated carbocycles. The van der Waals surface area contributed by atoms with Crippen molar-refractivity contribution in [2.75, 3.05) is 18.4 Å². The third kappa shape index (κ3) is 5.19. The topological polar surface area (TPSA) is 61.4 Å². The van der Waals surface area contributed by atoms with Crippen LogP contribution in [-0.2, 0) is 16.1 Å². The molecular formula is C23H27N3O2S. The van der Waals surface area contributed by atoms with Crippen molar-refractivity contribution in [1.82, 2.24) is 10.2 Å². The van der Waals surface area contributed by atoms with E-state index >= 15 is 0 Å². The van der Waals surface area contributed by atoms with E-state index in [4.69, 9.17) is 0 Å². The molecule has 2 amide bonds. The van der Waals surface area contributed by atoms with Gasteiger partial charge in [0.25, 0.3) is 0 Å². The van der Waals surface area contributed by atoms with Crippen LogP contribution in [0, 0.1) is 0 Å². The molecule has 4 rings (SSSR count). The van der Waals surface area contributed by atoms with Gasteiger partial charge in [-0.25, -0.2) is 0 Å². The van der Waals surface area contributed by atoms with Crippen molar-refractivity contribution in [3.8, 4) is 0 Å². The van der Waals surface area contributed by atoms with Crippen molar-refractivity contribution in [3.05, 3.63) is 60.2 Å². The largest absolute Gasteiger partial charge is 0.354 e. The highest BCUT2D eigenvalue weighted by molar-refractivity contribution is 8.01. The number of benzene rings is 2. The van der Waals surface area contributed by atoms with Gasteiger partial charge in [-0.1, -0.05) is 48.9 Å². The van der Waals surface area contributed by atoms with Crippen LogP contribution in [0.4, 0.5) is 5.69 Å².